The summed E-state index contributed by atoms with van der Waals surface area (Å²) in [6.07, 6.45) is -0.379. The second-order valence-corrected chi connectivity index (χ2v) is 5.05. The average Bonchev–Trinajstić information content (AvgIpc) is 2.16. The van der Waals surface area contributed by atoms with Crippen LogP contribution < -0.4 is 10.6 Å². The SMILES string of the molecule is C[C@@H](NC(=O)OC(C)(C)C)[C@@H]1CNCCO1. The van der Waals surface area contributed by atoms with Gasteiger partial charge in [0.1, 0.15) is 5.60 Å². The minimum Gasteiger partial charge on any atom is -0.444 e. The number of hydrogen-bond acceptors (Lipinski definition) is 4. The molecular formula is C11H22N2O3. The van der Waals surface area contributed by atoms with Crippen molar-refractivity contribution in [3.8, 4) is 0 Å². The van der Waals surface area contributed by atoms with Gasteiger partial charge in [0.05, 0.1) is 18.8 Å². The van der Waals surface area contributed by atoms with E-state index < -0.39 is 11.7 Å². The van der Waals surface area contributed by atoms with Crippen molar-refractivity contribution in [3.63, 3.8) is 0 Å². The highest BCUT2D eigenvalue weighted by atomic mass is 16.6. The third-order valence-corrected chi connectivity index (χ3v) is 2.26. The summed E-state index contributed by atoms with van der Waals surface area (Å²) < 4.78 is 10.7. The van der Waals surface area contributed by atoms with E-state index in [0.717, 1.165) is 13.1 Å². The van der Waals surface area contributed by atoms with Gasteiger partial charge in [-0.3, -0.25) is 0 Å². The maximum absolute atomic E-state index is 11.5. The van der Waals surface area contributed by atoms with Gasteiger partial charge in [-0.1, -0.05) is 0 Å². The van der Waals surface area contributed by atoms with Crippen LogP contribution in [0.25, 0.3) is 0 Å². The number of rotatable bonds is 2. The third-order valence-electron chi connectivity index (χ3n) is 2.26. The van der Waals surface area contributed by atoms with Gasteiger partial charge < -0.3 is 20.1 Å². The Hall–Kier alpha value is -0.810. The lowest BCUT2D eigenvalue weighted by atomic mass is 10.1. The minimum absolute atomic E-state index is 0.0151. The molecule has 0 aromatic carbocycles. The van der Waals surface area contributed by atoms with Crippen LogP contribution in [0.1, 0.15) is 27.7 Å². The molecule has 0 spiro atoms. The number of ether oxygens (including phenoxy) is 2. The van der Waals surface area contributed by atoms with Gasteiger partial charge in [-0.25, -0.2) is 4.79 Å². The van der Waals surface area contributed by atoms with Crippen LogP contribution >= 0.6 is 0 Å². The summed E-state index contributed by atoms with van der Waals surface area (Å²) in [6.45, 7) is 9.76. The topological polar surface area (TPSA) is 59.6 Å². The Morgan fingerprint density at radius 3 is 2.75 bits per heavy atom. The molecule has 1 heterocycles. The van der Waals surface area contributed by atoms with Crippen molar-refractivity contribution in [2.24, 2.45) is 0 Å². The van der Waals surface area contributed by atoms with Gasteiger partial charge in [-0.15, -0.1) is 0 Å². The molecule has 5 nitrogen and oxygen atoms in total. The lowest BCUT2D eigenvalue weighted by Crippen LogP contribution is -2.51. The largest absolute Gasteiger partial charge is 0.444 e. The number of hydrogen-bond donors (Lipinski definition) is 2. The van der Waals surface area contributed by atoms with Gasteiger partial charge >= 0.3 is 6.09 Å². The molecule has 1 amide bonds. The summed E-state index contributed by atoms with van der Waals surface area (Å²) in [6, 6.07) is -0.0531. The van der Waals surface area contributed by atoms with Crippen molar-refractivity contribution in [2.45, 2.75) is 45.4 Å². The number of carbonyl (C=O) groups excluding carboxylic acids is 1. The van der Waals surface area contributed by atoms with Crippen molar-refractivity contribution in [1.82, 2.24) is 10.6 Å². The summed E-state index contributed by atoms with van der Waals surface area (Å²) >= 11 is 0. The molecule has 5 heteroatoms. The van der Waals surface area contributed by atoms with E-state index in [2.05, 4.69) is 10.6 Å². The van der Waals surface area contributed by atoms with E-state index in [1.54, 1.807) is 0 Å². The zero-order valence-corrected chi connectivity index (χ0v) is 10.5. The smallest absolute Gasteiger partial charge is 0.407 e. The van der Waals surface area contributed by atoms with Crippen molar-refractivity contribution in [3.05, 3.63) is 0 Å². The number of nitrogens with one attached hydrogen (secondary N) is 2. The quantitative estimate of drug-likeness (QED) is 0.739. The molecule has 0 bridgehead atoms. The fourth-order valence-corrected chi connectivity index (χ4v) is 1.49. The van der Waals surface area contributed by atoms with E-state index in [4.69, 9.17) is 9.47 Å². The molecule has 0 aromatic rings. The average molecular weight is 230 g/mol. The van der Waals surface area contributed by atoms with Crippen LogP contribution in [-0.4, -0.2) is 43.5 Å². The Morgan fingerprint density at radius 1 is 1.56 bits per heavy atom. The van der Waals surface area contributed by atoms with Gasteiger partial charge in [-0.2, -0.15) is 0 Å². The molecule has 94 valence electrons. The van der Waals surface area contributed by atoms with Crippen LogP contribution in [0.4, 0.5) is 4.79 Å². The highest BCUT2D eigenvalue weighted by Gasteiger charge is 2.24. The Balaban J connectivity index is 2.32. The molecule has 1 rings (SSSR count). The maximum atomic E-state index is 11.5. The van der Waals surface area contributed by atoms with Crippen molar-refractivity contribution >= 4 is 6.09 Å². The first-order valence-corrected chi connectivity index (χ1v) is 5.70. The summed E-state index contributed by atoms with van der Waals surface area (Å²) in [5, 5.41) is 6.00. The standard InChI is InChI=1S/C11H22N2O3/c1-8(9-7-12-5-6-15-9)13-10(14)16-11(2,3)4/h8-9,12H,5-7H2,1-4H3,(H,13,14)/t8-,9+/m1/s1. The van der Waals surface area contributed by atoms with E-state index in [1.807, 2.05) is 27.7 Å². The van der Waals surface area contributed by atoms with Gasteiger partial charge in [-0.05, 0) is 27.7 Å². The Kier molecular flexibility index (Phi) is 4.56. The maximum Gasteiger partial charge on any atom is 0.407 e. The van der Waals surface area contributed by atoms with Gasteiger partial charge in [0.2, 0.25) is 0 Å². The predicted octanol–water partition coefficient (Wildman–Crippen LogP) is 0.888. The number of morpholine rings is 1. The zero-order valence-electron chi connectivity index (χ0n) is 10.5. The molecule has 16 heavy (non-hydrogen) atoms. The first-order valence-electron chi connectivity index (χ1n) is 5.70. The van der Waals surface area contributed by atoms with Crippen LogP contribution in [0.3, 0.4) is 0 Å². The molecule has 0 aromatic heterocycles. The fraction of sp³-hybridized carbons (Fsp3) is 0.909. The summed E-state index contributed by atoms with van der Waals surface area (Å²) in [4.78, 5) is 11.5. The molecule has 1 saturated heterocycles. The van der Waals surface area contributed by atoms with Crippen molar-refractivity contribution in [2.75, 3.05) is 19.7 Å². The summed E-state index contributed by atoms with van der Waals surface area (Å²) in [7, 11) is 0. The van der Waals surface area contributed by atoms with Gasteiger partial charge in [0.25, 0.3) is 0 Å². The second kappa shape index (κ2) is 5.50. The van der Waals surface area contributed by atoms with Crippen LogP contribution in [0.2, 0.25) is 0 Å². The molecular weight excluding hydrogens is 208 g/mol. The molecule has 0 aliphatic carbocycles. The normalized spacial score (nSPS) is 23.6. The van der Waals surface area contributed by atoms with Crippen molar-refractivity contribution < 1.29 is 14.3 Å². The summed E-state index contributed by atoms with van der Waals surface area (Å²) in [5.41, 5.74) is -0.463. The molecule has 1 fully saturated rings. The number of alkyl carbamates (subject to hydrolysis) is 1. The van der Waals surface area contributed by atoms with Gasteiger partial charge in [0, 0.05) is 13.1 Å². The molecule has 0 radical (unpaired) electrons. The van der Waals surface area contributed by atoms with Crippen LogP contribution in [0.5, 0.6) is 0 Å². The van der Waals surface area contributed by atoms with E-state index in [1.165, 1.54) is 0 Å². The van der Waals surface area contributed by atoms with E-state index >= 15 is 0 Å². The number of amides is 1. The van der Waals surface area contributed by atoms with Crippen LogP contribution in [0, 0.1) is 0 Å². The Bertz CT molecular complexity index is 232. The molecule has 1 aliphatic rings. The molecule has 2 N–H and O–H groups in total. The van der Waals surface area contributed by atoms with Gasteiger partial charge in [0.15, 0.2) is 0 Å². The zero-order chi connectivity index (χ0) is 12.2. The van der Waals surface area contributed by atoms with Crippen LogP contribution in [0.15, 0.2) is 0 Å². The predicted molar refractivity (Wildman–Crippen MR) is 61.4 cm³/mol. The number of carbonyl (C=O) groups is 1. The van der Waals surface area contributed by atoms with Crippen molar-refractivity contribution in [1.29, 1.82) is 0 Å². The monoisotopic (exact) mass is 230 g/mol. The fourth-order valence-electron chi connectivity index (χ4n) is 1.49. The summed E-state index contributed by atoms with van der Waals surface area (Å²) in [5.74, 6) is 0. The minimum atomic E-state index is -0.463. The van der Waals surface area contributed by atoms with E-state index in [0.29, 0.717) is 6.61 Å². The molecule has 2 atom stereocenters. The first kappa shape index (κ1) is 13.3. The molecule has 0 unspecified atom stereocenters. The first-order chi connectivity index (χ1) is 7.38. The lowest BCUT2D eigenvalue weighted by Gasteiger charge is -2.30. The second-order valence-electron chi connectivity index (χ2n) is 5.05. The molecule has 0 saturated carbocycles. The Morgan fingerprint density at radius 2 is 2.25 bits per heavy atom. The lowest BCUT2D eigenvalue weighted by molar-refractivity contribution is 0.00141. The highest BCUT2D eigenvalue weighted by Crippen LogP contribution is 2.08. The Labute approximate surface area is 96.9 Å². The third kappa shape index (κ3) is 4.81. The van der Waals surface area contributed by atoms with Crippen LogP contribution in [-0.2, 0) is 9.47 Å². The van der Waals surface area contributed by atoms with E-state index in [-0.39, 0.29) is 12.1 Å². The highest BCUT2D eigenvalue weighted by molar-refractivity contribution is 5.68. The molecule has 1 aliphatic heterocycles. The van der Waals surface area contributed by atoms with E-state index in [9.17, 15) is 4.79 Å².